The Kier molecular flexibility index (Phi) is 6.64. The van der Waals surface area contributed by atoms with Gasteiger partial charge in [0, 0.05) is 25.5 Å². The summed E-state index contributed by atoms with van der Waals surface area (Å²) in [4.78, 5) is 21.8. The van der Waals surface area contributed by atoms with E-state index in [1.807, 2.05) is 0 Å². The van der Waals surface area contributed by atoms with Crippen LogP contribution in [-0.2, 0) is 9.59 Å². The van der Waals surface area contributed by atoms with Crippen LogP contribution in [0.25, 0.3) is 0 Å². The number of carboxylic acids is 1. The monoisotopic (exact) mass is 218 g/mol. The largest absolute Gasteiger partial charge is 0.480 e. The van der Waals surface area contributed by atoms with Crippen LogP contribution in [0, 0.1) is 0 Å². The molecule has 0 aromatic carbocycles. The Balaban J connectivity index is 3.94. The Morgan fingerprint density at radius 3 is 2.40 bits per heavy atom. The van der Waals surface area contributed by atoms with Gasteiger partial charge in [-0.15, -0.1) is 0 Å². The van der Waals surface area contributed by atoms with Crippen LogP contribution < -0.4 is 11.1 Å². The summed E-state index contributed by atoms with van der Waals surface area (Å²) in [6.45, 7) is 1.50. The van der Waals surface area contributed by atoms with Gasteiger partial charge in [0.25, 0.3) is 0 Å². The zero-order chi connectivity index (χ0) is 11.8. The van der Waals surface area contributed by atoms with Crippen LogP contribution >= 0.6 is 0 Å². The second kappa shape index (κ2) is 7.19. The average Bonchev–Trinajstić information content (AvgIpc) is 2.14. The van der Waals surface area contributed by atoms with Crippen molar-refractivity contribution in [3.63, 3.8) is 0 Å². The number of hydrogen-bond acceptors (Lipinski definition) is 4. The van der Waals surface area contributed by atoms with Gasteiger partial charge in [0.1, 0.15) is 6.04 Å². The number of aliphatic hydroxyl groups is 1. The highest BCUT2D eigenvalue weighted by Crippen LogP contribution is 1.97. The fraction of sp³-hybridized carbons (Fsp3) is 0.778. The Hall–Kier alpha value is -1.14. The molecule has 0 saturated heterocycles. The van der Waals surface area contributed by atoms with Gasteiger partial charge < -0.3 is 21.3 Å². The van der Waals surface area contributed by atoms with Crippen LogP contribution in [0.1, 0.15) is 26.2 Å². The number of rotatable bonds is 7. The molecular weight excluding hydrogens is 200 g/mol. The van der Waals surface area contributed by atoms with E-state index < -0.39 is 12.0 Å². The molecule has 0 aromatic rings. The lowest BCUT2D eigenvalue weighted by atomic mass is 10.1. The molecule has 2 atom stereocenters. The van der Waals surface area contributed by atoms with Crippen molar-refractivity contribution in [3.05, 3.63) is 0 Å². The van der Waals surface area contributed by atoms with Crippen LogP contribution in [-0.4, -0.2) is 40.8 Å². The lowest BCUT2D eigenvalue weighted by Gasteiger charge is -2.13. The normalized spacial score (nSPS) is 14.3. The zero-order valence-electron chi connectivity index (χ0n) is 8.77. The minimum absolute atomic E-state index is 0.0131. The molecule has 1 unspecified atom stereocenters. The summed E-state index contributed by atoms with van der Waals surface area (Å²) in [6.07, 6.45) is 0.726. The van der Waals surface area contributed by atoms with Gasteiger partial charge in [0.15, 0.2) is 0 Å². The molecule has 0 bridgehead atoms. The summed E-state index contributed by atoms with van der Waals surface area (Å²) < 4.78 is 0. The summed E-state index contributed by atoms with van der Waals surface area (Å²) in [5.74, 6) is -1.49. The van der Waals surface area contributed by atoms with Crippen molar-refractivity contribution in [2.45, 2.75) is 38.3 Å². The molecule has 0 aliphatic carbocycles. The quantitative estimate of drug-likeness (QED) is 0.441. The van der Waals surface area contributed by atoms with E-state index in [9.17, 15) is 9.59 Å². The van der Waals surface area contributed by atoms with E-state index in [4.69, 9.17) is 15.9 Å². The first-order chi connectivity index (χ1) is 6.97. The number of hydrogen-bond donors (Lipinski definition) is 4. The number of nitrogens with two attached hydrogens (primary N) is 1. The first-order valence-corrected chi connectivity index (χ1v) is 4.86. The van der Waals surface area contributed by atoms with Gasteiger partial charge in [0.2, 0.25) is 5.91 Å². The second-order valence-electron chi connectivity index (χ2n) is 3.49. The molecule has 0 fully saturated rings. The van der Waals surface area contributed by atoms with Crippen molar-refractivity contribution < 1.29 is 19.8 Å². The molecule has 0 heterocycles. The summed E-state index contributed by atoms with van der Waals surface area (Å²) in [5, 5.41) is 19.6. The Bertz CT molecular complexity index is 218. The molecule has 0 saturated carbocycles. The van der Waals surface area contributed by atoms with Gasteiger partial charge >= 0.3 is 5.97 Å². The Morgan fingerprint density at radius 2 is 2.00 bits per heavy atom. The maximum absolute atomic E-state index is 11.2. The molecule has 0 radical (unpaired) electrons. The van der Waals surface area contributed by atoms with E-state index >= 15 is 0 Å². The molecule has 0 aromatic heterocycles. The smallest absolute Gasteiger partial charge is 0.326 e. The van der Waals surface area contributed by atoms with E-state index in [2.05, 4.69) is 5.32 Å². The second-order valence-corrected chi connectivity index (χ2v) is 3.49. The molecule has 6 heteroatoms. The molecule has 6 nitrogen and oxygen atoms in total. The van der Waals surface area contributed by atoms with Gasteiger partial charge in [0.05, 0.1) is 0 Å². The SMILES string of the molecule is CC(N)CCC(=O)N[C@H](CCO)C(=O)O. The number of aliphatic carboxylic acids is 1. The predicted octanol–water partition coefficient (Wildman–Crippen LogP) is -0.934. The summed E-state index contributed by atoms with van der Waals surface area (Å²) >= 11 is 0. The molecule has 88 valence electrons. The topological polar surface area (TPSA) is 113 Å². The number of carboxylic acid groups (broad SMARTS) is 1. The molecule has 15 heavy (non-hydrogen) atoms. The van der Waals surface area contributed by atoms with Gasteiger partial charge in [-0.1, -0.05) is 0 Å². The Labute approximate surface area is 88.5 Å². The molecule has 0 rings (SSSR count). The highest BCUT2D eigenvalue weighted by atomic mass is 16.4. The van der Waals surface area contributed by atoms with Crippen molar-refractivity contribution in [1.82, 2.24) is 5.32 Å². The molecule has 0 aliphatic heterocycles. The molecule has 1 amide bonds. The summed E-state index contributed by atoms with van der Waals surface area (Å²) in [7, 11) is 0. The van der Waals surface area contributed by atoms with Crippen LogP contribution in [0.5, 0.6) is 0 Å². The third-order valence-corrected chi connectivity index (χ3v) is 1.88. The third kappa shape index (κ3) is 6.87. The minimum atomic E-state index is -1.14. The van der Waals surface area contributed by atoms with E-state index in [1.54, 1.807) is 6.92 Å². The first-order valence-electron chi connectivity index (χ1n) is 4.86. The lowest BCUT2D eigenvalue weighted by Crippen LogP contribution is -2.41. The maximum atomic E-state index is 11.2. The highest BCUT2D eigenvalue weighted by Gasteiger charge is 2.18. The van der Waals surface area contributed by atoms with E-state index in [-0.39, 0.29) is 31.4 Å². The molecule has 5 N–H and O–H groups in total. The Morgan fingerprint density at radius 1 is 1.40 bits per heavy atom. The first kappa shape index (κ1) is 13.9. The predicted molar refractivity (Wildman–Crippen MR) is 54.2 cm³/mol. The minimum Gasteiger partial charge on any atom is -0.480 e. The van der Waals surface area contributed by atoms with Crippen molar-refractivity contribution in [3.8, 4) is 0 Å². The summed E-state index contributed by atoms with van der Waals surface area (Å²) in [5.41, 5.74) is 5.45. The van der Waals surface area contributed by atoms with Crippen LogP contribution in [0.15, 0.2) is 0 Å². The summed E-state index contributed by atoms with van der Waals surface area (Å²) in [6, 6.07) is -1.10. The van der Waals surface area contributed by atoms with E-state index in [1.165, 1.54) is 0 Å². The lowest BCUT2D eigenvalue weighted by molar-refractivity contribution is -0.142. The van der Waals surface area contributed by atoms with Crippen molar-refractivity contribution in [2.75, 3.05) is 6.61 Å². The molecular formula is C9H18N2O4. The van der Waals surface area contributed by atoms with Gasteiger partial charge in [-0.05, 0) is 13.3 Å². The van der Waals surface area contributed by atoms with Gasteiger partial charge in [-0.3, -0.25) is 4.79 Å². The highest BCUT2D eigenvalue weighted by molar-refractivity contribution is 5.83. The standard InChI is InChI=1S/C9H18N2O4/c1-6(10)2-3-8(13)11-7(4-5-12)9(14)15/h6-7,12H,2-5,10H2,1H3,(H,11,13)(H,14,15)/t6?,7-/m1/s1. The fourth-order valence-corrected chi connectivity index (χ4v) is 1.01. The van der Waals surface area contributed by atoms with Crippen LogP contribution in [0.2, 0.25) is 0 Å². The van der Waals surface area contributed by atoms with Gasteiger partial charge in [-0.25, -0.2) is 4.79 Å². The van der Waals surface area contributed by atoms with Crippen molar-refractivity contribution >= 4 is 11.9 Å². The van der Waals surface area contributed by atoms with E-state index in [0.29, 0.717) is 6.42 Å². The number of carbonyl (C=O) groups excluding carboxylic acids is 1. The third-order valence-electron chi connectivity index (χ3n) is 1.88. The number of amides is 1. The van der Waals surface area contributed by atoms with Gasteiger partial charge in [-0.2, -0.15) is 0 Å². The zero-order valence-corrected chi connectivity index (χ0v) is 8.77. The van der Waals surface area contributed by atoms with Crippen LogP contribution in [0.3, 0.4) is 0 Å². The fourth-order valence-electron chi connectivity index (χ4n) is 1.01. The average molecular weight is 218 g/mol. The number of carbonyl (C=O) groups is 2. The molecule has 0 aliphatic rings. The maximum Gasteiger partial charge on any atom is 0.326 e. The van der Waals surface area contributed by atoms with E-state index in [0.717, 1.165) is 0 Å². The van der Waals surface area contributed by atoms with Crippen molar-refractivity contribution in [2.24, 2.45) is 5.73 Å². The number of aliphatic hydroxyl groups excluding tert-OH is 1. The van der Waals surface area contributed by atoms with Crippen molar-refractivity contribution in [1.29, 1.82) is 0 Å². The number of nitrogens with one attached hydrogen (secondary N) is 1. The molecule has 0 spiro atoms. The van der Waals surface area contributed by atoms with Crippen LogP contribution in [0.4, 0.5) is 0 Å².